The lowest BCUT2D eigenvalue weighted by Gasteiger charge is -2.26. The zero-order valence-corrected chi connectivity index (χ0v) is 45.0. The molecule has 8 bridgehead atoms. The van der Waals surface area contributed by atoms with Gasteiger partial charge in [-0.2, -0.15) is 29.9 Å². The van der Waals surface area contributed by atoms with Crippen molar-refractivity contribution < 1.29 is 28.8 Å². The molecule has 1 aliphatic carbocycles. The molecule has 76 heavy (non-hydrogen) atoms. The van der Waals surface area contributed by atoms with E-state index in [0.717, 1.165) is 25.7 Å². The van der Waals surface area contributed by atoms with Crippen LogP contribution in [0.5, 0.6) is 23.0 Å². The van der Waals surface area contributed by atoms with E-state index < -0.39 is 9.85 Å². The van der Waals surface area contributed by atoms with E-state index in [4.69, 9.17) is 30.4 Å². The number of nitro groups is 2. The number of nitro benzene ring substituents is 2. The predicted molar refractivity (Wildman–Crippen MR) is 295 cm³/mol. The highest BCUT2D eigenvalue weighted by molar-refractivity contribution is 5.68. The number of aromatic nitrogens is 6. The van der Waals surface area contributed by atoms with E-state index >= 15 is 0 Å². The van der Waals surface area contributed by atoms with Gasteiger partial charge in [-0.15, -0.1) is 0 Å². The van der Waals surface area contributed by atoms with Gasteiger partial charge >= 0.3 is 0 Å². The lowest BCUT2D eigenvalue weighted by atomic mass is 9.90. The van der Waals surface area contributed by atoms with Gasteiger partial charge in [-0.25, -0.2) is 0 Å². The number of fused-ring (bicyclic) bond motifs is 8. The Morgan fingerprint density at radius 1 is 0.461 bits per heavy atom. The lowest BCUT2D eigenvalue weighted by molar-refractivity contribution is -0.385. The summed E-state index contributed by atoms with van der Waals surface area (Å²) in [6, 6.07) is 13.6. The van der Waals surface area contributed by atoms with Crippen LogP contribution in [0, 0.1) is 20.2 Å². The van der Waals surface area contributed by atoms with Crippen LogP contribution in [-0.4, -0.2) is 77.3 Å². The molecule has 0 saturated heterocycles. The van der Waals surface area contributed by atoms with Crippen LogP contribution in [-0.2, 0) is 25.7 Å². The third-order valence-corrected chi connectivity index (χ3v) is 11.7. The van der Waals surface area contributed by atoms with Crippen molar-refractivity contribution in [2.24, 2.45) is 0 Å². The molecule has 22 heteroatoms. The summed E-state index contributed by atoms with van der Waals surface area (Å²) in [5, 5.41) is 39.2. The zero-order chi connectivity index (χ0) is 54.8. The Kier molecular flexibility index (Phi) is 18.1. The molecular formula is C54H70N14O8. The van der Waals surface area contributed by atoms with Gasteiger partial charge in [0.05, 0.1) is 34.3 Å². The Hall–Kier alpha value is -8.30. The maximum atomic E-state index is 13.0. The van der Waals surface area contributed by atoms with Crippen molar-refractivity contribution >= 4 is 58.4 Å². The molecule has 0 amide bonds. The number of ether oxygens (including phenoxy) is 4. The number of benzene rings is 4. The molecule has 6 aromatic rings. The van der Waals surface area contributed by atoms with Gasteiger partial charge in [-0.05, 0) is 92.5 Å². The van der Waals surface area contributed by atoms with Crippen LogP contribution < -0.4 is 51.7 Å². The molecule has 8 N–H and O–H groups in total. The van der Waals surface area contributed by atoms with Crippen LogP contribution in [0.3, 0.4) is 0 Å². The second kappa shape index (κ2) is 24.8. The van der Waals surface area contributed by atoms with Crippen molar-refractivity contribution in [2.75, 3.05) is 45.8 Å². The van der Waals surface area contributed by atoms with Crippen molar-refractivity contribution in [1.82, 2.24) is 29.9 Å². The van der Waals surface area contributed by atoms with Crippen LogP contribution in [0.4, 0.5) is 58.4 Å². The zero-order valence-electron chi connectivity index (χ0n) is 45.0. The van der Waals surface area contributed by atoms with Gasteiger partial charge in [0.2, 0.25) is 35.7 Å². The van der Waals surface area contributed by atoms with E-state index in [1.807, 2.05) is 79.7 Å². The molecule has 0 aliphatic heterocycles. The highest BCUT2D eigenvalue weighted by Gasteiger charge is 2.28. The van der Waals surface area contributed by atoms with Gasteiger partial charge in [-0.3, -0.25) is 20.2 Å². The SMILES string of the molecule is CCCCNc1nc(N)nc(Nc2cc3c(OC(C)C)c(c2)Cc2cc([N+](=O)[O-])cc(c2OC(C)C)Cc2cc(Nc4nc(N)nc(NCCCC)n4)cc(c2OC(C)C)Cc2cc([N+](=O)[O-])cc(c2OC(C)C)C3)n1. The summed E-state index contributed by atoms with van der Waals surface area (Å²) in [5.41, 5.74) is 17.6. The Bertz CT molecular complexity index is 2760. The van der Waals surface area contributed by atoms with E-state index in [1.54, 1.807) is 0 Å². The quantitative estimate of drug-likeness (QED) is 0.0209. The molecule has 0 saturated carbocycles. The molecule has 0 spiro atoms. The molecule has 0 fully saturated rings. The molecular weight excluding hydrogens is 973 g/mol. The minimum Gasteiger partial charge on any atom is -0.490 e. The van der Waals surface area contributed by atoms with E-state index in [0.29, 0.717) is 104 Å². The number of hydrogen-bond donors (Lipinski definition) is 6. The number of hydrogen-bond acceptors (Lipinski definition) is 20. The first kappa shape index (κ1) is 55.5. The number of unbranched alkanes of at least 4 members (excludes halogenated alkanes) is 2. The third kappa shape index (κ3) is 14.5. The first-order valence-corrected chi connectivity index (χ1v) is 25.9. The van der Waals surface area contributed by atoms with Gasteiger partial charge in [0, 0.05) is 119 Å². The number of nitrogens with two attached hydrogens (primary N) is 2. The lowest BCUT2D eigenvalue weighted by Crippen LogP contribution is -2.16. The van der Waals surface area contributed by atoms with Gasteiger partial charge in [0.15, 0.2) is 0 Å². The molecule has 7 rings (SSSR count). The van der Waals surface area contributed by atoms with Gasteiger partial charge < -0.3 is 51.7 Å². The van der Waals surface area contributed by atoms with Crippen LogP contribution >= 0.6 is 0 Å². The maximum absolute atomic E-state index is 13.0. The second-order valence-corrected chi connectivity index (χ2v) is 19.8. The molecule has 4 aromatic carbocycles. The fourth-order valence-electron chi connectivity index (χ4n) is 8.82. The molecule has 0 unspecified atom stereocenters. The second-order valence-electron chi connectivity index (χ2n) is 19.8. The van der Waals surface area contributed by atoms with E-state index in [1.165, 1.54) is 24.3 Å². The smallest absolute Gasteiger partial charge is 0.270 e. The summed E-state index contributed by atoms with van der Waals surface area (Å²) >= 11 is 0. The van der Waals surface area contributed by atoms with Crippen LogP contribution in [0.25, 0.3) is 0 Å². The molecule has 0 atom stereocenters. The van der Waals surface area contributed by atoms with Crippen molar-refractivity contribution in [1.29, 1.82) is 0 Å². The van der Waals surface area contributed by atoms with Gasteiger partial charge in [0.1, 0.15) is 23.0 Å². The average molecular weight is 1040 g/mol. The molecule has 2 aromatic heterocycles. The minimum absolute atomic E-state index is 0.00770. The first-order chi connectivity index (χ1) is 36.2. The normalized spacial score (nSPS) is 12.2. The number of nitrogens with one attached hydrogen (secondary N) is 4. The fourth-order valence-corrected chi connectivity index (χ4v) is 8.82. The van der Waals surface area contributed by atoms with Crippen molar-refractivity contribution in [2.45, 2.75) is 145 Å². The molecule has 2 heterocycles. The van der Waals surface area contributed by atoms with Crippen LogP contribution in [0.2, 0.25) is 0 Å². The highest BCUT2D eigenvalue weighted by atomic mass is 16.6. The van der Waals surface area contributed by atoms with Crippen molar-refractivity contribution in [3.63, 3.8) is 0 Å². The van der Waals surface area contributed by atoms with Crippen molar-refractivity contribution in [3.8, 4) is 23.0 Å². The third-order valence-electron chi connectivity index (χ3n) is 11.7. The summed E-state index contributed by atoms with van der Waals surface area (Å²) < 4.78 is 27.0. The molecule has 22 nitrogen and oxygen atoms in total. The summed E-state index contributed by atoms with van der Waals surface area (Å²) in [6.07, 6.45) is 2.51. The highest BCUT2D eigenvalue weighted by Crippen LogP contribution is 2.44. The minimum atomic E-state index is -0.418. The molecule has 404 valence electrons. The van der Waals surface area contributed by atoms with Crippen LogP contribution in [0.1, 0.15) is 139 Å². The number of non-ortho nitro benzene ring substituents is 2. The average Bonchev–Trinajstić information content (AvgIpc) is 3.32. The Morgan fingerprint density at radius 3 is 0.974 bits per heavy atom. The van der Waals surface area contributed by atoms with Crippen molar-refractivity contribution in [3.05, 3.63) is 113 Å². The fraction of sp³-hybridized carbons (Fsp3) is 0.444. The van der Waals surface area contributed by atoms with Gasteiger partial charge in [0.25, 0.3) is 11.4 Å². The largest absolute Gasteiger partial charge is 0.490 e. The number of anilines is 8. The summed E-state index contributed by atoms with van der Waals surface area (Å²) in [4.78, 5) is 51.9. The Balaban J connectivity index is 1.55. The van der Waals surface area contributed by atoms with E-state index in [9.17, 15) is 20.2 Å². The van der Waals surface area contributed by atoms with Crippen LogP contribution in [0.15, 0.2) is 48.5 Å². The Morgan fingerprint density at radius 2 is 0.724 bits per heavy atom. The monoisotopic (exact) mass is 1040 g/mol. The first-order valence-electron chi connectivity index (χ1n) is 25.9. The summed E-state index contributed by atoms with van der Waals surface area (Å²) in [6.45, 7) is 20.6. The Labute approximate surface area is 442 Å². The summed E-state index contributed by atoms with van der Waals surface area (Å²) in [5.74, 6) is 2.69. The maximum Gasteiger partial charge on any atom is 0.270 e. The molecule has 1 aliphatic rings. The number of nitrogen functional groups attached to an aromatic ring is 2. The number of nitrogens with zero attached hydrogens (tertiary/aromatic N) is 8. The number of rotatable bonds is 22. The van der Waals surface area contributed by atoms with E-state index in [-0.39, 0.29) is 85.3 Å². The summed E-state index contributed by atoms with van der Waals surface area (Å²) in [7, 11) is 0. The molecule has 0 radical (unpaired) electrons. The van der Waals surface area contributed by atoms with E-state index in [2.05, 4.69) is 65.0 Å². The standard InChI is InChI=1S/C54H70N14O8/c1-11-13-15-57-51-61-49(55)63-53(65-51)59-41-21-33-17-37-25-43(67(69)70)27-39(47(37)75-31(7)8)19-35-23-42(60-54-64-50(56)62-52(66-54)58-16-14-12-2)24-36(46(35)74-30(5)6)20-40-28-44(68(71)72)26-38(48(40)76-32(9)10)18-34(22-41)45(33)73-29(3)4/h21-32H,11-20H2,1-10H3,(H4,55,57,59,61,63,65)(H4,56,58,60,62,64,66). The topological polar surface area (TPSA) is 301 Å². The van der Waals surface area contributed by atoms with Gasteiger partial charge in [-0.1, -0.05) is 26.7 Å². The predicted octanol–water partition coefficient (Wildman–Crippen LogP) is 10.8.